The van der Waals surface area contributed by atoms with Crippen LogP contribution in [0.5, 0.6) is 5.75 Å². The number of nitrogens with one attached hydrogen (secondary N) is 1. The zero-order chi connectivity index (χ0) is 19.5. The number of hydrogen-bond donors (Lipinski definition) is 1. The smallest absolute Gasteiger partial charge is 0.253 e. The molecule has 4 rings (SSSR count). The van der Waals surface area contributed by atoms with Gasteiger partial charge in [-0.15, -0.1) is 5.17 Å². The lowest BCUT2D eigenvalue weighted by Crippen LogP contribution is -2.40. The van der Waals surface area contributed by atoms with Gasteiger partial charge in [0.25, 0.3) is 5.91 Å². The Morgan fingerprint density at radius 2 is 1.93 bits per heavy atom. The number of hydrazine groups is 1. The molecule has 2 aromatic rings. The predicted molar refractivity (Wildman–Crippen MR) is 96.2 cm³/mol. The molecule has 0 spiro atoms. The Balaban J connectivity index is 1.41. The van der Waals surface area contributed by atoms with Crippen LogP contribution in [0.1, 0.15) is 23.2 Å². The molecule has 0 bridgehead atoms. The average Bonchev–Trinajstić information content (AvgIpc) is 3.16. The summed E-state index contributed by atoms with van der Waals surface area (Å²) in [7, 11) is 0. The maximum atomic E-state index is 13.4. The lowest BCUT2D eigenvalue weighted by molar-refractivity contribution is -0.139. The van der Waals surface area contributed by atoms with Gasteiger partial charge in [-0.2, -0.15) is 0 Å². The molecular weight excluding hydrogens is 368 g/mol. The zero-order valence-electron chi connectivity index (χ0n) is 15.0. The van der Waals surface area contributed by atoms with E-state index in [9.17, 15) is 13.6 Å². The topological polar surface area (TPSA) is 54.0 Å². The van der Waals surface area contributed by atoms with Gasteiger partial charge in [0.2, 0.25) is 0 Å². The Morgan fingerprint density at radius 1 is 1.14 bits per heavy atom. The first kappa shape index (κ1) is 18.2. The zero-order valence-corrected chi connectivity index (χ0v) is 15.0. The highest BCUT2D eigenvalue weighted by molar-refractivity contribution is 5.94. The molecule has 2 aliphatic heterocycles. The summed E-state index contributed by atoms with van der Waals surface area (Å²) in [6.07, 6.45) is 3.27. The summed E-state index contributed by atoms with van der Waals surface area (Å²) in [5.74, 6) is -0.132. The third kappa shape index (κ3) is 4.07. The molecule has 2 aliphatic rings. The Bertz CT molecular complexity index is 906. The van der Waals surface area contributed by atoms with Crippen LogP contribution in [0.4, 0.5) is 8.78 Å². The number of carbonyl (C=O) groups excluding carboxylic acids is 1. The lowest BCUT2D eigenvalue weighted by Gasteiger charge is -2.32. The minimum absolute atomic E-state index is 0.0279. The van der Waals surface area contributed by atoms with Crippen LogP contribution in [0.25, 0.3) is 0 Å². The Hall–Kier alpha value is -3.13. The van der Waals surface area contributed by atoms with Crippen molar-refractivity contribution < 1.29 is 23.3 Å². The van der Waals surface area contributed by atoms with E-state index in [0.29, 0.717) is 30.2 Å². The van der Waals surface area contributed by atoms with Crippen LogP contribution in [0.15, 0.2) is 60.5 Å². The van der Waals surface area contributed by atoms with Crippen molar-refractivity contribution in [1.29, 1.82) is 0 Å². The van der Waals surface area contributed by atoms with Crippen molar-refractivity contribution >= 4 is 5.91 Å². The summed E-state index contributed by atoms with van der Waals surface area (Å²) in [6.45, 7) is 1.06. The fourth-order valence-electron chi connectivity index (χ4n) is 3.33. The Kier molecular flexibility index (Phi) is 5.12. The van der Waals surface area contributed by atoms with Crippen molar-refractivity contribution in [3.63, 3.8) is 0 Å². The number of carbonyl (C=O) groups is 1. The normalized spacial score (nSPS) is 19.2. The van der Waals surface area contributed by atoms with Crippen LogP contribution in [0, 0.1) is 17.6 Å². The van der Waals surface area contributed by atoms with E-state index in [2.05, 4.69) is 5.59 Å². The van der Waals surface area contributed by atoms with Crippen LogP contribution in [0.2, 0.25) is 0 Å². The molecule has 146 valence electrons. The minimum Gasteiger partial charge on any atom is -0.389 e. The molecule has 1 saturated heterocycles. The second kappa shape index (κ2) is 7.85. The standard InChI is InChI=1S/C20H19F2N3O3/c21-16-6-1-4-14(10-16)20(26)24-9-3-5-15(12-24)19-13-25(23-27-19)28-18-8-2-7-17(22)11-18/h1-2,4,6-8,10-11,13,15,23H,3,5,9,12H2. The van der Waals surface area contributed by atoms with Crippen molar-refractivity contribution in [3.8, 4) is 5.75 Å². The molecular formula is C20H19F2N3O3. The molecule has 0 aromatic heterocycles. The molecule has 1 fully saturated rings. The van der Waals surface area contributed by atoms with Gasteiger partial charge in [-0.3, -0.25) is 4.79 Å². The lowest BCUT2D eigenvalue weighted by atomic mass is 9.95. The van der Waals surface area contributed by atoms with E-state index in [-0.39, 0.29) is 11.8 Å². The van der Waals surface area contributed by atoms with Gasteiger partial charge < -0.3 is 14.6 Å². The van der Waals surface area contributed by atoms with Crippen molar-refractivity contribution in [3.05, 3.63) is 77.7 Å². The monoisotopic (exact) mass is 387 g/mol. The number of hydroxylamine groups is 1. The number of piperidine rings is 1. The molecule has 1 unspecified atom stereocenters. The van der Waals surface area contributed by atoms with E-state index in [1.165, 1.54) is 35.5 Å². The predicted octanol–water partition coefficient (Wildman–Crippen LogP) is 3.40. The van der Waals surface area contributed by atoms with Gasteiger partial charge in [0, 0.05) is 30.6 Å². The molecule has 0 aliphatic carbocycles. The largest absolute Gasteiger partial charge is 0.389 e. The van der Waals surface area contributed by atoms with E-state index in [1.807, 2.05) is 0 Å². The molecule has 8 heteroatoms. The van der Waals surface area contributed by atoms with Gasteiger partial charge in [0.05, 0.1) is 0 Å². The average molecular weight is 387 g/mol. The highest BCUT2D eigenvalue weighted by Crippen LogP contribution is 2.28. The van der Waals surface area contributed by atoms with Crippen LogP contribution in [0.3, 0.4) is 0 Å². The van der Waals surface area contributed by atoms with Gasteiger partial charge >= 0.3 is 0 Å². The molecule has 0 radical (unpaired) electrons. The fraction of sp³-hybridized carbons (Fsp3) is 0.250. The Morgan fingerprint density at radius 3 is 2.71 bits per heavy atom. The van der Waals surface area contributed by atoms with Crippen LogP contribution < -0.4 is 10.4 Å². The highest BCUT2D eigenvalue weighted by atomic mass is 19.1. The van der Waals surface area contributed by atoms with E-state index in [1.54, 1.807) is 29.3 Å². The summed E-state index contributed by atoms with van der Waals surface area (Å²) in [5.41, 5.74) is 2.93. The van der Waals surface area contributed by atoms with Crippen molar-refractivity contribution in [1.82, 2.24) is 15.7 Å². The summed E-state index contributed by atoms with van der Waals surface area (Å²) < 4.78 is 26.7. The van der Waals surface area contributed by atoms with Crippen molar-refractivity contribution in [2.75, 3.05) is 13.1 Å². The number of amides is 1. The molecule has 1 amide bonds. The maximum Gasteiger partial charge on any atom is 0.253 e. The molecule has 0 saturated carbocycles. The number of hydrogen-bond acceptors (Lipinski definition) is 5. The van der Waals surface area contributed by atoms with Crippen molar-refractivity contribution in [2.24, 2.45) is 5.92 Å². The molecule has 1 N–H and O–H groups in total. The molecule has 1 atom stereocenters. The van der Waals surface area contributed by atoms with E-state index >= 15 is 0 Å². The number of benzene rings is 2. The molecule has 2 aromatic carbocycles. The molecule has 28 heavy (non-hydrogen) atoms. The van der Waals surface area contributed by atoms with Crippen molar-refractivity contribution in [2.45, 2.75) is 12.8 Å². The van der Waals surface area contributed by atoms with E-state index in [0.717, 1.165) is 12.8 Å². The molecule has 6 nitrogen and oxygen atoms in total. The minimum atomic E-state index is -0.435. The van der Waals surface area contributed by atoms with Gasteiger partial charge in [-0.1, -0.05) is 12.1 Å². The summed E-state index contributed by atoms with van der Waals surface area (Å²) in [5, 5.41) is 1.25. The number of nitrogens with zero attached hydrogens (tertiary/aromatic N) is 2. The number of likely N-dealkylation sites (tertiary alicyclic amines) is 1. The van der Waals surface area contributed by atoms with Crippen LogP contribution >= 0.6 is 0 Å². The van der Waals surface area contributed by atoms with Gasteiger partial charge in [-0.05, 0) is 48.8 Å². The van der Waals surface area contributed by atoms with Crippen LogP contribution in [-0.2, 0) is 4.84 Å². The SMILES string of the molecule is O=C(c1cccc(F)c1)N1CCCC(C2=CN(Oc3cccc(F)c3)NO2)C1. The third-order valence-corrected chi connectivity index (χ3v) is 4.68. The van der Waals surface area contributed by atoms with Gasteiger partial charge in [-0.25, -0.2) is 8.78 Å². The fourth-order valence-corrected chi connectivity index (χ4v) is 3.33. The summed E-state index contributed by atoms with van der Waals surface area (Å²) in [6, 6.07) is 11.4. The van der Waals surface area contributed by atoms with Gasteiger partial charge in [0.15, 0.2) is 11.5 Å². The first-order chi connectivity index (χ1) is 13.6. The first-order valence-electron chi connectivity index (χ1n) is 9.00. The number of rotatable bonds is 4. The second-order valence-corrected chi connectivity index (χ2v) is 6.70. The van der Waals surface area contributed by atoms with E-state index in [4.69, 9.17) is 9.68 Å². The van der Waals surface area contributed by atoms with Crippen LogP contribution in [-0.4, -0.2) is 29.1 Å². The first-order valence-corrected chi connectivity index (χ1v) is 9.00. The van der Waals surface area contributed by atoms with E-state index < -0.39 is 11.6 Å². The summed E-state index contributed by atoms with van der Waals surface area (Å²) >= 11 is 0. The quantitative estimate of drug-likeness (QED) is 0.872. The van der Waals surface area contributed by atoms with Gasteiger partial charge in [0.1, 0.15) is 17.8 Å². The Labute approximate surface area is 160 Å². The third-order valence-electron chi connectivity index (χ3n) is 4.68. The second-order valence-electron chi connectivity index (χ2n) is 6.70. The summed E-state index contributed by atoms with van der Waals surface area (Å²) in [4.78, 5) is 25.3. The number of halogens is 2. The maximum absolute atomic E-state index is 13.4. The molecule has 2 heterocycles. The highest BCUT2D eigenvalue weighted by Gasteiger charge is 2.31.